The molecule has 0 spiro atoms. The first kappa shape index (κ1) is 16.4. The minimum atomic E-state index is -0.780. The maximum absolute atomic E-state index is 11.9. The standard InChI is InChI=1S/C14H13N2O3.W/c1-16-12(17)9-8-11(14(16)19)15-13(18)10-6-4-2-3-5-7-10;/h2,4-5,7,11H,8-9H2,1H3,(H,15,18);/q-1;+2/p-1. The van der Waals surface area contributed by atoms with Crippen LogP contribution in [0.4, 0.5) is 0 Å². The molecule has 2 rings (SSSR count). The van der Waals surface area contributed by atoms with Crippen LogP contribution in [0.25, 0.3) is 5.32 Å². The van der Waals surface area contributed by atoms with Crippen LogP contribution in [0.3, 0.4) is 0 Å². The summed E-state index contributed by atoms with van der Waals surface area (Å²) >= 11 is 0. The Morgan fingerprint density at radius 2 is 2.20 bits per heavy atom. The molecule has 1 saturated heterocycles. The third-order valence-corrected chi connectivity index (χ3v) is 2.89. The molecular weight excluding hydrogens is 428 g/mol. The minimum absolute atomic E-state index is 0. The zero-order chi connectivity index (χ0) is 13.8. The molecule has 0 N–H and O–H groups in total. The van der Waals surface area contributed by atoms with E-state index < -0.39 is 17.9 Å². The van der Waals surface area contributed by atoms with Crippen LogP contribution in [0.5, 0.6) is 0 Å². The van der Waals surface area contributed by atoms with E-state index in [2.05, 4.69) is 17.1 Å². The van der Waals surface area contributed by atoms with Crippen LogP contribution in [0.1, 0.15) is 12.8 Å². The van der Waals surface area contributed by atoms with Gasteiger partial charge in [0, 0.05) is 13.5 Å². The molecular formula is C14H12N2O3W. The third-order valence-electron chi connectivity index (χ3n) is 2.89. The van der Waals surface area contributed by atoms with Crippen molar-refractivity contribution in [3.63, 3.8) is 0 Å². The van der Waals surface area contributed by atoms with Gasteiger partial charge >= 0.3 is 21.1 Å². The Morgan fingerprint density at radius 3 is 2.95 bits per heavy atom. The van der Waals surface area contributed by atoms with Crippen LogP contribution in [-0.4, -0.2) is 35.7 Å². The second kappa shape index (κ2) is 7.18. The van der Waals surface area contributed by atoms with Gasteiger partial charge in [0.15, 0.2) is 0 Å². The van der Waals surface area contributed by atoms with Gasteiger partial charge in [-0.3, -0.25) is 14.5 Å². The Morgan fingerprint density at radius 1 is 1.45 bits per heavy atom. The minimum Gasteiger partial charge on any atom is -0.684 e. The van der Waals surface area contributed by atoms with Gasteiger partial charge in [-0.15, -0.1) is 23.8 Å². The molecule has 0 aromatic rings. The molecule has 1 heterocycles. The molecule has 1 fully saturated rings. The smallest absolute Gasteiger partial charge is 0.684 e. The van der Waals surface area contributed by atoms with Gasteiger partial charge in [0.05, 0.1) is 0 Å². The van der Waals surface area contributed by atoms with E-state index in [0.29, 0.717) is 0 Å². The zero-order valence-electron chi connectivity index (χ0n) is 10.8. The van der Waals surface area contributed by atoms with Crippen LogP contribution in [0, 0.1) is 6.08 Å². The summed E-state index contributed by atoms with van der Waals surface area (Å²) in [4.78, 5) is 36.1. The summed E-state index contributed by atoms with van der Waals surface area (Å²) in [6.45, 7) is 0. The number of allylic oxidation sites excluding steroid dienone is 3. The van der Waals surface area contributed by atoms with Gasteiger partial charge < -0.3 is 10.1 Å². The maximum atomic E-state index is 11.9. The van der Waals surface area contributed by atoms with E-state index in [-0.39, 0.29) is 45.4 Å². The number of carbonyl (C=O) groups is 3. The van der Waals surface area contributed by atoms with Gasteiger partial charge in [-0.1, -0.05) is 12.2 Å². The van der Waals surface area contributed by atoms with Crippen molar-refractivity contribution in [2.45, 2.75) is 18.9 Å². The second-order valence-corrected chi connectivity index (χ2v) is 4.17. The molecule has 3 amide bonds. The van der Waals surface area contributed by atoms with E-state index in [1.165, 1.54) is 13.1 Å². The molecule has 1 aliphatic carbocycles. The van der Waals surface area contributed by atoms with E-state index >= 15 is 0 Å². The van der Waals surface area contributed by atoms with E-state index in [4.69, 9.17) is 0 Å². The number of amides is 3. The van der Waals surface area contributed by atoms with Crippen molar-refractivity contribution in [3.8, 4) is 0 Å². The molecule has 1 aliphatic heterocycles. The Hall–Kier alpha value is -1.70. The van der Waals surface area contributed by atoms with Gasteiger partial charge in [-0.25, -0.2) is 0 Å². The molecule has 1 atom stereocenters. The van der Waals surface area contributed by atoms with Crippen LogP contribution in [-0.2, 0) is 35.4 Å². The average molecular weight is 440 g/mol. The summed E-state index contributed by atoms with van der Waals surface area (Å²) in [5, 5.41) is 3.87. The number of nitrogens with zero attached hydrogens (tertiary/aromatic N) is 2. The summed E-state index contributed by atoms with van der Waals surface area (Å²) in [6, 6.07) is -0.780. The van der Waals surface area contributed by atoms with Gasteiger partial charge in [-0.2, -0.15) is 5.73 Å². The van der Waals surface area contributed by atoms with Crippen molar-refractivity contribution < 1.29 is 35.4 Å². The number of hydrogen-bond acceptors (Lipinski definition) is 3. The molecule has 0 radical (unpaired) electrons. The van der Waals surface area contributed by atoms with Crippen molar-refractivity contribution in [3.05, 3.63) is 47.0 Å². The van der Waals surface area contributed by atoms with Crippen molar-refractivity contribution in [1.82, 2.24) is 4.90 Å². The molecule has 0 aromatic heterocycles. The zero-order valence-corrected chi connectivity index (χ0v) is 13.8. The molecule has 5 nitrogen and oxygen atoms in total. The fraction of sp³-hybridized carbons (Fsp3) is 0.286. The molecule has 0 saturated carbocycles. The van der Waals surface area contributed by atoms with Crippen LogP contribution < -0.4 is 0 Å². The molecule has 1 unspecified atom stereocenters. The number of carbonyl (C=O) groups excluding carboxylic acids is 3. The number of imide groups is 1. The first-order valence-corrected chi connectivity index (χ1v) is 5.86. The predicted octanol–water partition coefficient (Wildman–Crippen LogP) is 1.04. The van der Waals surface area contributed by atoms with Gasteiger partial charge in [0.1, 0.15) is 0 Å². The summed E-state index contributed by atoms with van der Waals surface area (Å²) in [6.07, 6.45) is 9.55. The van der Waals surface area contributed by atoms with Crippen LogP contribution in [0.15, 0.2) is 35.6 Å². The summed E-state index contributed by atoms with van der Waals surface area (Å²) in [5.41, 5.74) is 3.07. The Bertz CT molecular complexity index is 557. The SMILES string of the molecule is CN1C(=O)CCC([N-]C(=O)C2=CC=C=CC=[C-]2)C1=O.[W+2]. The van der Waals surface area contributed by atoms with Crippen LogP contribution >= 0.6 is 0 Å². The summed E-state index contributed by atoms with van der Waals surface area (Å²) in [7, 11) is 1.40. The second-order valence-electron chi connectivity index (χ2n) is 4.17. The van der Waals surface area contributed by atoms with E-state index in [1.54, 1.807) is 18.2 Å². The topological polar surface area (TPSA) is 68.6 Å². The predicted molar refractivity (Wildman–Crippen MR) is 67.7 cm³/mol. The molecule has 6 heteroatoms. The van der Waals surface area contributed by atoms with Gasteiger partial charge in [-0.05, 0) is 18.4 Å². The normalized spacial score (nSPS) is 21.1. The van der Waals surface area contributed by atoms with Gasteiger partial charge in [0.25, 0.3) is 0 Å². The summed E-state index contributed by atoms with van der Waals surface area (Å²) < 4.78 is 0. The van der Waals surface area contributed by atoms with Crippen molar-refractivity contribution in [2.75, 3.05) is 7.05 Å². The fourth-order valence-electron chi connectivity index (χ4n) is 1.78. The molecule has 102 valence electrons. The third kappa shape index (κ3) is 3.66. The number of rotatable bonds is 2. The van der Waals surface area contributed by atoms with Gasteiger partial charge in [0.2, 0.25) is 11.8 Å². The molecule has 0 aromatic carbocycles. The summed E-state index contributed by atoms with van der Waals surface area (Å²) in [5.74, 6) is -1.18. The van der Waals surface area contributed by atoms with E-state index in [0.717, 1.165) is 4.90 Å². The number of piperidine rings is 1. The Balaban J connectivity index is 0.00000200. The quantitative estimate of drug-likeness (QED) is 0.366. The van der Waals surface area contributed by atoms with E-state index in [9.17, 15) is 14.4 Å². The van der Waals surface area contributed by atoms with Crippen molar-refractivity contribution in [1.29, 1.82) is 0 Å². The average Bonchev–Trinajstić information content (AvgIpc) is 2.68. The largest absolute Gasteiger partial charge is 2.00 e. The fourth-order valence-corrected chi connectivity index (χ4v) is 1.78. The molecule has 20 heavy (non-hydrogen) atoms. The number of hydrogen-bond donors (Lipinski definition) is 0. The number of likely N-dealkylation sites (N-methyl/N-ethyl adjacent to an activating group) is 1. The van der Waals surface area contributed by atoms with E-state index in [1.807, 2.05) is 0 Å². The Kier molecular flexibility index (Phi) is 5.87. The first-order valence-electron chi connectivity index (χ1n) is 5.86. The Labute approximate surface area is 131 Å². The van der Waals surface area contributed by atoms with Crippen LogP contribution in [0.2, 0.25) is 0 Å². The van der Waals surface area contributed by atoms with Crippen molar-refractivity contribution >= 4 is 17.7 Å². The molecule has 0 bridgehead atoms. The monoisotopic (exact) mass is 440 g/mol. The van der Waals surface area contributed by atoms with Crippen molar-refractivity contribution in [2.24, 2.45) is 0 Å². The maximum Gasteiger partial charge on any atom is 2.00 e. The first-order chi connectivity index (χ1) is 9.09. The number of likely N-dealkylation sites (tertiary alicyclic amines) is 1. The molecule has 2 aliphatic rings.